The normalized spacial score (nSPS) is 14.4. The van der Waals surface area contributed by atoms with Gasteiger partial charge in [-0.1, -0.05) is 94.8 Å². The molecule has 4 atom stereocenters. The van der Waals surface area contributed by atoms with Crippen molar-refractivity contribution in [1.82, 2.24) is 10.6 Å². The van der Waals surface area contributed by atoms with E-state index in [0.717, 1.165) is 11.1 Å². The van der Waals surface area contributed by atoms with Crippen molar-refractivity contribution >= 4 is 17.8 Å². The SMILES string of the molecule is CC[C@H](C)C(NC(=O)CCC(N)Cc1ccccc1)C(=O)NC(C(=O)OCc1ccccc1)C(C)C. The van der Waals surface area contributed by atoms with Crippen LogP contribution in [0.5, 0.6) is 0 Å². The number of hydrogen-bond donors (Lipinski definition) is 3. The molecule has 0 saturated heterocycles. The minimum Gasteiger partial charge on any atom is -0.459 e. The Morgan fingerprint density at radius 2 is 1.44 bits per heavy atom. The number of benzene rings is 2. The number of ether oxygens (including phenoxy) is 1. The molecule has 3 unspecified atom stereocenters. The molecule has 0 aliphatic heterocycles. The predicted molar refractivity (Wildman–Crippen MR) is 142 cm³/mol. The second-order valence-electron chi connectivity index (χ2n) is 9.74. The van der Waals surface area contributed by atoms with E-state index in [4.69, 9.17) is 10.5 Å². The zero-order valence-electron chi connectivity index (χ0n) is 21.9. The van der Waals surface area contributed by atoms with Gasteiger partial charge >= 0.3 is 5.97 Å². The van der Waals surface area contributed by atoms with Crippen LogP contribution < -0.4 is 16.4 Å². The third kappa shape index (κ3) is 9.82. The van der Waals surface area contributed by atoms with Crippen LogP contribution in [0.25, 0.3) is 0 Å². The second-order valence-corrected chi connectivity index (χ2v) is 9.74. The number of nitrogens with two attached hydrogens (primary N) is 1. The Labute approximate surface area is 215 Å². The molecule has 36 heavy (non-hydrogen) atoms. The van der Waals surface area contributed by atoms with Gasteiger partial charge in [-0.15, -0.1) is 0 Å². The molecule has 2 aromatic carbocycles. The number of carbonyl (C=O) groups excluding carboxylic acids is 3. The molecule has 2 rings (SSSR count). The summed E-state index contributed by atoms with van der Waals surface area (Å²) in [6.45, 7) is 7.69. The highest BCUT2D eigenvalue weighted by molar-refractivity contribution is 5.91. The molecule has 0 saturated carbocycles. The minimum absolute atomic E-state index is 0.111. The minimum atomic E-state index is -0.816. The van der Waals surface area contributed by atoms with Crippen LogP contribution in [0.3, 0.4) is 0 Å². The van der Waals surface area contributed by atoms with E-state index in [9.17, 15) is 14.4 Å². The lowest BCUT2D eigenvalue weighted by molar-refractivity contribution is -0.150. The molecule has 0 radical (unpaired) electrons. The zero-order chi connectivity index (χ0) is 26.5. The van der Waals surface area contributed by atoms with Crippen molar-refractivity contribution in [3.63, 3.8) is 0 Å². The van der Waals surface area contributed by atoms with Gasteiger partial charge in [0, 0.05) is 12.5 Å². The fourth-order valence-electron chi connectivity index (χ4n) is 3.84. The molecule has 4 N–H and O–H groups in total. The molecule has 7 nitrogen and oxygen atoms in total. The standard InChI is InChI=1S/C29H41N3O4/c1-5-21(4)27(31-25(33)17-16-24(30)18-22-12-8-6-9-13-22)28(34)32-26(20(2)3)29(35)36-19-23-14-10-7-11-15-23/h6-15,20-21,24,26-27H,5,16-19,30H2,1-4H3,(H,31,33)(H,32,34)/t21-,24?,26?,27?/m0/s1. The van der Waals surface area contributed by atoms with Crippen LogP contribution in [0.4, 0.5) is 0 Å². The van der Waals surface area contributed by atoms with Crippen molar-refractivity contribution in [2.24, 2.45) is 17.6 Å². The Bertz CT molecular complexity index is 950. The van der Waals surface area contributed by atoms with Gasteiger partial charge in [-0.05, 0) is 35.8 Å². The number of nitrogens with one attached hydrogen (secondary N) is 2. The average molecular weight is 496 g/mol. The van der Waals surface area contributed by atoms with Crippen LogP contribution in [0.1, 0.15) is 58.1 Å². The Morgan fingerprint density at radius 3 is 2.00 bits per heavy atom. The van der Waals surface area contributed by atoms with E-state index >= 15 is 0 Å². The van der Waals surface area contributed by atoms with Crippen LogP contribution in [-0.4, -0.2) is 35.9 Å². The zero-order valence-corrected chi connectivity index (χ0v) is 21.9. The number of carbonyl (C=O) groups is 3. The largest absolute Gasteiger partial charge is 0.459 e. The molecule has 0 heterocycles. The van der Waals surface area contributed by atoms with Gasteiger partial charge < -0.3 is 21.1 Å². The Morgan fingerprint density at radius 1 is 0.861 bits per heavy atom. The van der Waals surface area contributed by atoms with Gasteiger partial charge in [0.1, 0.15) is 18.7 Å². The fraction of sp³-hybridized carbons (Fsp3) is 0.483. The number of amides is 2. The predicted octanol–water partition coefficient (Wildman–Crippen LogP) is 3.75. The van der Waals surface area contributed by atoms with E-state index in [2.05, 4.69) is 10.6 Å². The van der Waals surface area contributed by atoms with Crippen molar-refractivity contribution in [1.29, 1.82) is 0 Å². The average Bonchev–Trinajstić information content (AvgIpc) is 2.88. The van der Waals surface area contributed by atoms with Crippen molar-refractivity contribution in [2.75, 3.05) is 0 Å². The van der Waals surface area contributed by atoms with Gasteiger partial charge in [0.05, 0.1) is 0 Å². The van der Waals surface area contributed by atoms with Crippen molar-refractivity contribution in [3.8, 4) is 0 Å². The van der Waals surface area contributed by atoms with Gasteiger partial charge in [0.25, 0.3) is 0 Å². The summed E-state index contributed by atoms with van der Waals surface area (Å²) in [7, 11) is 0. The Hall–Kier alpha value is -3.19. The first kappa shape index (κ1) is 29.0. The summed E-state index contributed by atoms with van der Waals surface area (Å²) in [6.07, 6.45) is 2.11. The van der Waals surface area contributed by atoms with Crippen molar-refractivity contribution in [2.45, 2.75) is 78.1 Å². The molecule has 0 fully saturated rings. The molecule has 0 aromatic heterocycles. The van der Waals surface area contributed by atoms with Gasteiger partial charge in [0.15, 0.2) is 0 Å². The van der Waals surface area contributed by atoms with E-state index in [1.54, 1.807) is 0 Å². The highest BCUT2D eigenvalue weighted by Gasteiger charge is 2.32. The highest BCUT2D eigenvalue weighted by Crippen LogP contribution is 2.13. The van der Waals surface area contributed by atoms with E-state index in [0.29, 0.717) is 19.3 Å². The first-order valence-corrected chi connectivity index (χ1v) is 12.8. The first-order valence-electron chi connectivity index (χ1n) is 12.8. The summed E-state index contributed by atoms with van der Waals surface area (Å²) in [5.74, 6) is -1.40. The van der Waals surface area contributed by atoms with Crippen LogP contribution in [0.2, 0.25) is 0 Å². The monoisotopic (exact) mass is 495 g/mol. The molecule has 0 aliphatic carbocycles. The van der Waals surface area contributed by atoms with E-state index in [1.807, 2.05) is 88.4 Å². The van der Waals surface area contributed by atoms with E-state index < -0.39 is 18.1 Å². The summed E-state index contributed by atoms with van der Waals surface area (Å²) in [5.41, 5.74) is 8.22. The maximum Gasteiger partial charge on any atom is 0.329 e. The van der Waals surface area contributed by atoms with Gasteiger partial charge in [-0.25, -0.2) is 4.79 Å². The van der Waals surface area contributed by atoms with Gasteiger partial charge in [0.2, 0.25) is 11.8 Å². The topological polar surface area (TPSA) is 111 Å². The number of esters is 1. The maximum atomic E-state index is 13.2. The number of hydrogen-bond acceptors (Lipinski definition) is 5. The Balaban J connectivity index is 1.93. The van der Waals surface area contributed by atoms with Gasteiger partial charge in [-0.2, -0.15) is 0 Å². The maximum absolute atomic E-state index is 13.2. The lowest BCUT2D eigenvalue weighted by Gasteiger charge is -2.27. The highest BCUT2D eigenvalue weighted by atomic mass is 16.5. The molecule has 7 heteroatoms. The smallest absolute Gasteiger partial charge is 0.329 e. The van der Waals surface area contributed by atoms with Crippen LogP contribution in [0, 0.1) is 11.8 Å². The van der Waals surface area contributed by atoms with E-state index in [1.165, 1.54) is 0 Å². The summed E-state index contributed by atoms with van der Waals surface area (Å²) < 4.78 is 5.46. The second kappa shape index (κ2) is 15.0. The molecule has 2 amide bonds. The molecule has 196 valence electrons. The molecular formula is C29H41N3O4. The Kier molecular flexibility index (Phi) is 12.1. The quantitative estimate of drug-likeness (QED) is 0.346. The third-order valence-electron chi connectivity index (χ3n) is 6.34. The summed E-state index contributed by atoms with van der Waals surface area (Å²) in [6, 6.07) is 17.6. The van der Waals surface area contributed by atoms with E-state index in [-0.39, 0.29) is 42.7 Å². The lowest BCUT2D eigenvalue weighted by Crippen LogP contribution is -2.55. The molecular weight excluding hydrogens is 454 g/mol. The van der Waals surface area contributed by atoms with Crippen molar-refractivity contribution < 1.29 is 19.1 Å². The van der Waals surface area contributed by atoms with Gasteiger partial charge in [-0.3, -0.25) is 9.59 Å². The molecule has 0 aliphatic rings. The van der Waals surface area contributed by atoms with Crippen LogP contribution >= 0.6 is 0 Å². The molecule has 2 aromatic rings. The lowest BCUT2D eigenvalue weighted by atomic mass is 9.96. The molecule has 0 spiro atoms. The van der Waals surface area contributed by atoms with Crippen LogP contribution in [-0.2, 0) is 32.1 Å². The first-order chi connectivity index (χ1) is 17.2. The third-order valence-corrected chi connectivity index (χ3v) is 6.34. The summed E-state index contributed by atoms with van der Waals surface area (Å²) >= 11 is 0. The van der Waals surface area contributed by atoms with Crippen LogP contribution in [0.15, 0.2) is 60.7 Å². The summed E-state index contributed by atoms with van der Waals surface area (Å²) in [5, 5.41) is 5.69. The number of rotatable bonds is 14. The summed E-state index contributed by atoms with van der Waals surface area (Å²) in [4.78, 5) is 38.7. The molecule has 0 bridgehead atoms. The van der Waals surface area contributed by atoms with Crippen molar-refractivity contribution in [3.05, 3.63) is 71.8 Å². The fourth-order valence-corrected chi connectivity index (χ4v) is 3.84.